The molecule has 1 rings (SSSR count). The number of likely N-dealkylation sites (tertiary alicyclic amines) is 1. The Labute approximate surface area is 76.1 Å². The predicted molar refractivity (Wildman–Crippen MR) is 53.1 cm³/mol. The number of hydrogen-bond acceptors (Lipinski definition) is 2. The van der Waals surface area contributed by atoms with Crippen LogP contribution in [0.5, 0.6) is 0 Å². The zero-order chi connectivity index (χ0) is 8.97. The highest BCUT2D eigenvalue weighted by Gasteiger charge is 2.20. The van der Waals surface area contributed by atoms with Gasteiger partial charge in [-0.25, -0.2) is 0 Å². The first-order valence-electron chi connectivity index (χ1n) is 5.20. The minimum Gasteiger partial charge on any atom is -0.328 e. The first kappa shape index (κ1) is 10.0. The molecule has 2 unspecified atom stereocenters. The highest BCUT2D eigenvalue weighted by atomic mass is 15.1. The molecular weight excluding hydrogens is 148 g/mol. The molecule has 2 nitrogen and oxygen atoms in total. The van der Waals surface area contributed by atoms with Gasteiger partial charge in [0.1, 0.15) is 0 Å². The fourth-order valence-electron chi connectivity index (χ4n) is 1.84. The maximum absolute atomic E-state index is 5.71. The average molecular weight is 170 g/mol. The fourth-order valence-corrected chi connectivity index (χ4v) is 1.84. The summed E-state index contributed by atoms with van der Waals surface area (Å²) < 4.78 is 0. The van der Waals surface area contributed by atoms with Gasteiger partial charge in [0, 0.05) is 12.6 Å². The van der Waals surface area contributed by atoms with E-state index in [1.165, 1.54) is 32.5 Å². The molecular formula is C10H22N2. The molecule has 12 heavy (non-hydrogen) atoms. The molecule has 1 heterocycles. The summed E-state index contributed by atoms with van der Waals surface area (Å²) in [5, 5.41) is 0. The Morgan fingerprint density at radius 1 is 1.58 bits per heavy atom. The van der Waals surface area contributed by atoms with E-state index >= 15 is 0 Å². The third kappa shape index (κ3) is 3.11. The monoisotopic (exact) mass is 170 g/mol. The summed E-state index contributed by atoms with van der Waals surface area (Å²) in [4.78, 5) is 2.55. The number of rotatable bonds is 4. The SMILES string of the molecule is CCC1CCN(CCC(C)N)C1. The van der Waals surface area contributed by atoms with Crippen molar-refractivity contribution in [2.75, 3.05) is 19.6 Å². The lowest BCUT2D eigenvalue weighted by atomic mass is 10.1. The van der Waals surface area contributed by atoms with E-state index in [0.29, 0.717) is 6.04 Å². The van der Waals surface area contributed by atoms with Crippen molar-refractivity contribution >= 4 is 0 Å². The first-order chi connectivity index (χ1) is 5.72. The van der Waals surface area contributed by atoms with Gasteiger partial charge >= 0.3 is 0 Å². The molecule has 0 bridgehead atoms. The van der Waals surface area contributed by atoms with Crippen molar-refractivity contribution in [2.45, 2.75) is 39.2 Å². The number of nitrogens with two attached hydrogens (primary N) is 1. The highest BCUT2D eigenvalue weighted by Crippen LogP contribution is 2.18. The van der Waals surface area contributed by atoms with Gasteiger partial charge in [-0.15, -0.1) is 0 Å². The lowest BCUT2D eigenvalue weighted by Gasteiger charge is -2.16. The third-order valence-corrected chi connectivity index (χ3v) is 2.85. The standard InChI is InChI=1S/C10H22N2/c1-3-10-5-7-12(8-10)6-4-9(2)11/h9-10H,3-8,11H2,1-2H3. The number of hydrogen-bond donors (Lipinski definition) is 1. The molecule has 2 heteroatoms. The van der Waals surface area contributed by atoms with Crippen LogP contribution in [0.3, 0.4) is 0 Å². The van der Waals surface area contributed by atoms with Crippen molar-refractivity contribution in [3.05, 3.63) is 0 Å². The van der Waals surface area contributed by atoms with Crippen molar-refractivity contribution in [1.29, 1.82) is 0 Å². The Bertz CT molecular complexity index is 123. The maximum Gasteiger partial charge on any atom is 0.00226 e. The van der Waals surface area contributed by atoms with Crippen LogP contribution in [-0.2, 0) is 0 Å². The van der Waals surface area contributed by atoms with Crippen LogP contribution in [0.15, 0.2) is 0 Å². The highest BCUT2D eigenvalue weighted by molar-refractivity contribution is 4.75. The van der Waals surface area contributed by atoms with E-state index in [1.807, 2.05) is 0 Å². The molecule has 1 fully saturated rings. The molecule has 0 saturated carbocycles. The normalized spacial score (nSPS) is 27.8. The molecule has 0 aromatic heterocycles. The van der Waals surface area contributed by atoms with E-state index in [-0.39, 0.29) is 0 Å². The van der Waals surface area contributed by atoms with Crippen LogP contribution in [0.25, 0.3) is 0 Å². The summed E-state index contributed by atoms with van der Waals surface area (Å²) in [6.45, 7) is 8.19. The Balaban J connectivity index is 2.11. The smallest absolute Gasteiger partial charge is 0.00226 e. The van der Waals surface area contributed by atoms with Gasteiger partial charge in [-0.05, 0) is 38.8 Å². The van der Waals surface area contributed by atoms with E-state index in [4.69, 9.17) is 5.73 Å². The largest absolute Gasteiger partial charge is 0.328 e. The van der Waals surface area contributed by atoms with Crippen LogP contribution in [0.2, 0.25) is 0 Å². The fraction of sp³-hybridized carbons (Fsp3) is 1.00. The van der Waals surface area contributed by atoms with Gasteiger partial charge in [0.25, 0.3) is 0 Å². The maximum atomic E-state index is 5.71. The van der Waals surface area contributed by atoms with Crippen molar-refractivity contribution in [3.63, 3.8) is 0 Å². The minimum atomic E-state index is 0.366. The Kier molecular flexibility index (Phi) is 4.02. The van der Waals surface area contributed by atoms with E-state index in [0.717, 1.165) is 12.3 Å². The summed E-state index contributed by atoms with van der Waals surface area (Å²) in [6, 6.07) is 0.366. The molecule has 1 aliphatic heterocycles. The van der Waals surface area contributed by atoms with Crippen molar-refractivity contribution < 1.29 is 0 Å². The van der Waals surface area contributed by atoms with Crippen molar-refractivity contribution in [2.24, 2.45) is 11.7 Å². The van der Waals surface area contributed by atoms with E-state index < -0.39 is 0 Å². The summed E-state index contributed by atoms with van der Waals surface area (Å²) in [5.41, 5.74) is 5.71. The van der Waals surface area contributed by atoms with Crippen LogP contribution in [0.4, 0.5) is 0 Å². The zero-order valence-electron chi connectivity index (χ0n) is 8.42. The molecule has 1 saturated heterocycles. The van der Waals surface area contributed by atoms with Crippen LogP contribution >= 0.6 is 0 Å². The molecule has 0 spiro atoms. The van der Waals surface area contributed by atoms with Crippen molar-refractivity contribution in [1.82, 2.24) is 4.90 Å². The van der Waals surface area contributed by atoms with Crippen LogP contribution in [0, 0.1) is 5.92 Å². The topological polar surface area (TPSA) is 29.3 Å². The van der Waals surface area contributed by atoms with Gasteiger partial charge in [-0.3, -0.25) is 0 Å². The van der Waals surface area contributed by atoms with Gasteiger partial charge in [-0.1, -0.05) is 13.3 Å². The molecule has 2 atom stereocenters. The second-order valence-corrected chi connectivity index (χ2v) is 4.13. The predicted octanol–water partition coefficient (Wildman–Crippen LogP) is 1.46. The molecule has 0 aromatic carbocycles. The van der Waals surface area contributed by atoms with Crippen LogP contribution in [-0.4, -0.2) is 30.6 Å². The molecule has 72 valence electrons. The second kappa shape index (κ2) is 4.83. The summed E-state index contributed by atoms with van der Waals surface area (Å²) in [5.74, 6) is 0.957. The van der Waals surface area contributed by atoms with Crippen molar-refractivity contribution in [3.8, 4) is 0 Å². The Morgan fingerprint density at radius 3 is 2.83 bits per heavy atom. The molecule has 0 amide bonds. The Morgan fingerprint density at radius 2 is 2.33 bits per heavy atom. The molecule has 0 aliphatic carbocycles. The molecule has 2 N–H and O–H groups in total. The minimum absolute atomic E-state index is 0.366. The average Bonchev–Trinajstić information content (AvgIpc) is 2.48. The molecule has 0 radical (unpaired) electrons. The van der Waals surface area contributed by atoms with Crippen LogP contribution < -0.4 is 5.73 Å². The summed E-state index contributed by atoms with van der Waals surface area (Å²) in [6.07, 6.45) is 3.89. The lowest BCUT2D eigenvalue weighted by molar-refractivity contribution is 0.310. The second-order valence-electron chi connectivity index (χ2n) is 4.13. The van der Waals surface area contributed by atoms with Gasteiger partial charge in [0.15, 0.2) is 0 Å². The quantitative estimate of drug-likeness (QED) is 0.692. The third-order valence-electron chi connectivity index (χ3n) is 2.85. The summed E-state index contributed by atoms with van der Waals surface area (Å²) in [7, 11) is 0. The Hall–Kier alpha value is -0.0800. The van der Waals surface area contributed by atoms with Gasteiger partial charge in [-0.2, -0.15) is 0 Å². The molecule has 0 aromatic rings. The van der Waals surface area contributed by atoms with E-state index in [2.05, 4.69) is 18.7 Å². The van der Waals surface area contributed by atoms with E-state index in [1.54, 1.807) is 0 Å². The van der Waals surface area contributed by atoms with Gasteiger partial charge < -0.3 is 10.6 Å². The number of nitrogens with zero attached hydrogens (tertiary/aromatic N) is 1. The van der Waals surface area contributed by atoms with Gasteiger partial charge in [0.05, 0.1) is 0 Å². The van der Waals surface area contributed by atoms with Crippen LogP contribution in [0.1, 0.15) is 33.1 Å². The molecule has 1 aliphatic rings. The first-order valence-corrected chi connectivity index (χ1v) is 5.20. The van der Waals surface area contributed by atoms with E-state index in [9.17, 15) is 0 Å². The lowest BCUT2D eigenvalue weighted by Crippen LogP contribution is -2.27. The van der Waals surface area contributed by atoms with Gasteiger partial charge in [0.2, 0.25) is 0 Å². The summed E-state index contributed by atoms with van der Waals surface area (Å²) >= 11 is 0. The zero-order valence-corrected chi connectivity index (χ0v) is 8.42.